The molecule has 0 aliphatic rings. The summed E-state index contributed by atoms with van der Waals surface area (Å²) in [6.07, 6.45) is 0. The predicted molar refractivity (Wildman–Crippen MR) is 18.3 cm³/mol. The summed E-state index contributed by atoms with van der Waals surface area (Å²) < 4.78 is 0. The van der Waals surface area contributed by atoms with Crippen LogP contribution >= 0.6 is 0 Å². The first-order valence-corrected chi connectivity index (χ1v) is 0.730. The summed E-state index contributed by atoms with van der Waals surface area (Å²) in [5.41, 5.74) is 0. The van der Waals surface area contributed by atoms with Crippen molar-refractivity contribution in [3.8, 4) is 0 Å². The summed E-state index contributed by atoms with van der Waals surface area (Å²) in [4.78, 5) is 16.0. The molecule has 0 heterocycles. The van der Waals surface area contributed by atoms with Gasteiger partial charge in [0.15, 0.2) is 0 Å². The van der Waals surface area contributed by atoms with E-state index in [1.54, 1.807) is 0 Å². The van der Waals surface area contributed by atoms with E-state index < -0.39 is 0 Å². The second kappa shape index (κ2) is 39.5. The zero-order valence-electron chi connectivity index (χ0n) is 4.53. The predicted octanol–water partition coefficient (Wildman–Crippen LogP) is -5.49. The average Bonchev–Trinajstić information content (AvgIpc) is 1.39. The number of hydrogen-bond acceptors (Lipinski definition) is 6. The van der Waals surface area contributed by atoms with Crippen LogP contribution in [0.5, 0.6) is 0 Å². The van der Waals surface area contributed by atoms with Crippen molar-refractivity contribution in [3.05, 3.63) is 20.2 Å². The molecule has 36 valence electrons. The Hall–Kier alpha value is 1.44. The van der Waals surface area contributed by atoms with Crippen molar-refractivity contribution in [1.82, 2.24) is 0 Å². The molecule has 8 heavy (non-hydrogen) atoms. The first-order chi connectivity index (χ1) is 2.83. The SMILES string of the molecule is O=N[O-].O=N[O-].[K+].[Na+]. The molecule has 0 aromatic carbocycles. The van der Waals surface area contributed by atoms with Gasteiger partial charge in [0, 0.05) is 0 Å². The third kappa shape index (κ3) is 149. The quantitative estimate of drug-likeness (QED) is 0.197. The molecule has 0 aliphatic carbocycles. The summed E-state index contributed by atoms with van der Waals surface area (Å²) >= 11 is 0. The topological polar surface area (TPSA) is 105 Å². The van der Waals surface area contributed by atoms with Gasteiger partial charge in [-0.1, -0.05) is 0 Å². The van der Waals surface area contributed by atoms with Crippen molar-refractivity contribution in [2.45, 2.75) is 0 Å². The third-order valence-electron chi connectivity index (χ3n) is 0. The fourth-order valence-corrected chi connectivity index (χ4v) is 0. The van der Waals surface area contributed by atoms with E-state index in [1.165, 1.54) is 0 Å². The summed E-state index contributed by atoms with van der Waals surface area (Å²) in [6.45, 7) is 0. The molecule has 6 nitrogen and oxygen atoms in total. The zero-order chi connectivity index (χ0) is 5.41. The number of nitrogens with zero attached hydrogens (tertiary/aromatic N) is 2. The van der Waals surface area contributed by atoms with E-state index >= 15 is 0 Å². The van der Waals surface area contributed by atoms with Crippen molar-refractivity contribution < 1.29 is 80.9 Å². The minimum absolute atomic E-state index is 0. The van der Waals surface area contributed by atoms with E-state index in [9.17, 15) is 0 Å². The van der Waals surface area contributed by atoms with Gasteiger partial charge in [-0.3, -0.25) is 0 Å². The monoisotopic (exact) mass is 154 g/mol. The van der Waals surface area contributed by atoms with Gasteiger partial charge in [-0.2, -0.15) is 0 Å². The van der Waals surface area contributed by atoms with E-state index in [0.717, 1.165) is 10.7 Å². The Balaban J connectivity index is -0.0000000160. The van der Waals surface area contributed by atoms with Crippen LogP contribution in [0, 0.1) is 20.2 Å². The molecule has 0 spiro atoms. The second-order valence-corrected chi connectivity index (χ2v) is 0.149. The molecule has 0 amide bonds. The Kier molecular flexibility index (Phi) is 112. The maximum Gasteiger partial charge on any atom is 1.00 e. The molecule has 0 N–H and O–H groups in total. The third-order valence-corrected chi connectivity index (χ3v) is 0. The van der Waals surface area contributed by atoms with Crippen LogP contribution in [0.3, 0.4) is 0 Å². The van der Waals surface area contributed by atoms with Crippen LogP contribution in [0.2, 0.25) is 0 Å². The maximum atomic E-state index is 8.00. The normalized spacial score (nSPS) is 3.00. The van der Waals surface area contributed by atoms with E-state index in [-0.39, 0.29) is 80.9 Å². The van der Waals surface area contributed by atoms with E-state index in [2.05, 4.69) is 0 Å². The van der Waals surface area contributed by atoms with Gasteiger partial charge in [0.1, 0.15) is 0 Å². The van der Waals surface area contributed by atoms with E-state index in [0.29, 0.717) is 0 Å². The van der Waals surface area contributed by atoms with Crippen LogP contribution < -0.4 is 80.9 Å². The zero-order valence-corrected chi connectivity index (χ0v) is 9.65. The minimum Gasteiger partial charge on any atom is -0.444 e. The van der Waals surface area contributed by atoms with Crippen LogP contribution in [0.15, 0.2) is 10.7 Å². The molecular weight excluding hydrogens is 154 g/mol. The van der Waals surface area contributed by atoms with Gasteiger partial charge in [-0.15, -0.1) is 10.7 Å². The standard InChI is InChI=1S/K.2HNO2.Na/c;2*2-1-3;/h;2*(H,2,3);/q+1;;;+1/p-2. The Morgan fingerprint density at radius 3 is 1.00 bits per heavy atom. The van der Waals surface area contributed by atoms with Gasteiger partial charge in [0.2, 0.25) is 0 Å². The van der Waals surface area contributed by atoms with Crippen molar-refractivity contribution in [2.75, 3.05) is 0 Å². The Bertz CT molecular complexity index is 35.0. The van der Waals surface area contributed by atoms with Gasteiger partial charge in [-0.25, -0.2) is 0 Å². The molecule has 0 unspecified atom stereocenters. The van der Waals surface area contributed by atoms with E-state index in [4.69, 9.17) is 20.2 Å². The Labute approximate surface area is 110 Å². The maximum absolute atomic E-state index is 8.00. The summed E-state index contributed by atoms with van der Waals surface area (Å²) in [7, 11) is 0. The first-order valence-electron chi connectivity index (χ1n) is 0.730. The van der Waals surface area contributed by atoms with Gasteiger partial charge in [0.05, 0.1) is 0 Å². The molecule has 0 saturated carbocycles. The van der Waals surface area contributed by atoms with Crippen LogP contribution in [-0.2, 0) is 0 Å². The fourth-order valence-electron chi connectivity index (χ4n) is 0. The fraction of sp³-hybridized carbons (Fsp3) is 0. The van der Waals surface area contributed by atoms with Crippen LogP contribution in [-0.4, -0.2) is 0 Å². The molecule has 0 atom stereocenters. The van der Waals surface area contributed by atoms with Crippen LogP contribution in [0.25, 0.3) is 0 Å². The summed E-state index contributed by atoms with van der Waals surface area (Å²) in [5.74, 6) is 0. The number of rotatable bonds is 0. The van der Waals surface area contributed by atoms with Crippen LogP contribution in [0.1, 0.15) is 0 Å². The van der Waals surface area contributed by atoms with E-state index in [1.807, 2.05) is 0 Å². The van der Waals surface area contributed by atoms with Gasteiger partial charge in [-0.05, 0) is 0 Å². The molecular formula is KN2NaO4. The molecule has 0 aromatic rings. The molecule has 0 aromatic heterocycles. The van der Waals surface area contributed by atoms with Gasteiger partial charge >= 0.3 is 80.9 Å². The molecule has 8 heteroatoms. The number of hydrogen-bond donors (Lipinski definition) is 0. The first kappa shape index (κ1) is 22.7. The van der Waals surface area contributed by atoms with Crippen molar-refractivity contribution in [3.63, 3.8) is 0 Å². The Morgan fingerprint density at radius 2 is 1.00 bits per heavy atom. The minimum atomic E-state index is 0. The average molecular weight is 154 g/mol. The Morgan fingerprint density at radius 1 is 1.00 bits per heavy atom. The second-order valence-electron chi connectivity index (χ2n) is 0.149. The smallest absolute Gasteiger partial charge is 0.444 e. The van der Waals surface area contributed by atoms with Gasteiger partial charge < -0.3 is 20.2 Å². The molecule has 0 rings (SSSR count). The largest absolute Gasteiger partial charge is 1.00 e. The van der Waals surface area contributed by atoms with Crippen molar-refractivity contribution in [2.24, 2.45) is 10.7 Å². The summed E-state index contributed by atoms with van der Waals surface area (Å²) in [5, 5.41) is 18.0. The van der Waals surface area contributed by atoms with Gasteiger partial charge in [0.25, 0.3) is 0 Å². The summed E-state index contributed by atoms with van der Waals surface area (Å²) in [6, 6.07) is 0. The molecule has 0 aliphatic heterocycles. The van der Waals surface area contributed by atoms with Crippen LogP contribution in [0.4, 0.5) is 0 Å². The molecule has 0 bridgehead atoms. The van der Waals surface area contributed by atoms with Crippen molar-refractivity contribution in [1.29, 1.82) is 0 Å². The molecule has 0 radical (unpaired) electrons. The van der Waals surface area contributed by atoms with Crippen molar-refractivity contribution >= 4 is 0 Å². The molecule has 0 fully saturated rings. The molecule has 0 saturated heterocycles.